The van der Waals surface area contributed by atoms with Crippen LogP contribution in [0, 0.1) is 11.5 Å². The summed E-state index contributed by atoms with van der Waals surface area (Å²) >= 11 is 0. The van der Waals surface area contributed by atoms with E-state index in [4.69, 9.17) is 5.26 Å². The van der Waals surface area contributed by atoms with Crippen LogP contribution in [0.3, 0.4) is 0 Å². The minimum atomic E-state index is 0.263. The van der Waals surface area contributed by atoms with Crippen LogP contribution in [0.2, 0.25) is 5.31 Å². The van der Waals surface area contributed by atoms with E-state index in [9.17, 15) is 0 Å². The van der Waals surface area contributed by atoms with E-state index in [-0.39, 0.29) is 5.31 Å². The minimum Gasteiger partial charge on any atom is -0.313 e. The van der Waals surface area contributed by atoms with Gasteiger partial charge in [0.1, 0.15) is 0 Å². The lowest BCUT2D eigenvalue weighted by atomic mass is 9.47. The molecule has 2 saturated heterocycles. The lowest BCUT2D eigenvalue weighted by Crippen LogP contribution is -2.27. The molecular formula is C8H12BN2. The molecule has 0 aromatic rings. The van der Waals surface area contributed by atoms with Gasteiger partial charge in [0.25, 0.3) is 0 Å². The summed E-state index contributed by atoms with van der Waals surface area (Å²) in [6, 6.07) is 0.484. The van der Waals surface area contributed by atoms with Gasteiger partial charge < -0.3 is 4.90 Å². The van der Waals surface area contributed by atoms with Crippen LogP contribution in [-0.4, -0.2) is 24.2 Å². The third-order valence-electron chi connectivity index (χ3n) is 3.03. The third-order valence-corrected chi connectivity index (χ3v) is 3.03. The normalized spacial score (nSPS) is 38.5. The first-order valence-corrected chi connectivity index (χ1v) is 4.19. The molecule has 2 unspecified atom stereocenters. The van der Waals surface area contributed by atoms with E-state index in [0.29, 0.717) is 12.0 Å². The zero-order chi connectivity index (χ0) is 8.06. The van der Waals surface area contributed by atoms with E-state index in [1.807, 2.05) is 4.90 Å². The van der Waals surface area contributed by atoms with Crippen molar-refractivity contribution < 1.29 is 0 Å². The molecule has 2 atom stereocenters. The molecule has 0 N–H and O–H groups in total. The monoisotopic (exact) mass is 147 g/mol. The Morgan fingerprint density at radius 3 is 2.55 bits per heavy atom. The number of fused-ring (bicyclic) bond motifs is 2. The average molecular weight is 147 g/mol. The molecule has 2 rings (SSSR count). The van der Waals surface area contributed by atoms with Crippen LogP contribution in [0.1, 0.15) is 26.7 Å². The van der Waals surface area contributed by atoms with Gasteiger partial charge in [-0.05, 0) is 18.2 Å². The highest BCUT2D eigenvalue weighted by atomic mass is 15.2. The molecule has 0 aromatic heterocycles. The molecule has 2 aliphatic rings. The summed E-state index contributed by atoms with van der Waals surface area (Å²) < 4.78 is 0. The molecule has 0 spiro atoms. The molecule has 2 bridgehead atoms. The lowest BCUT2D eigenvalue weighted by Gasteiger charge is -2.27. The predicted octanol–water partition coefficient (Wildman–Crippen LogP) is 1.17. The topological polar surface area (TPSA) is 27.0 Å². The maximum absolute atomic E-state index is 8.84. The standard InChI is InChI=1S/C8H12BN2/c1-8(2)6-3-4-7(9-8)11(6)5-10/h6-7H,3-4H2,1-2H3. The fourth-order valence-electron chi connectivity index (χ4n) is 2.48. The van der Waals surface area contributed by atoms with Crippen LogP contribution in [-0.2, 0) is 0 Å². The number of rotatable bonds is 0. The van der Waals surface area contributed by atoms with Crippen molar-refractivity contribution in [1.29, 1.82) is 5.26 Å². The van der Waals surface area contributed by atoms with Crippen molar-refractivity contribution in [3.63, 3.8) is 0 Å². The Hall–Kier alpha value is -0.645. The number of hydrogen-bond acceptors (Lipinski definition) is 2. The van der Waals surface area contributed by atoms with Crippen molar-refractivity contribution in [3.8, 4) is 6.19 Å². The van der Waals surface area contributed by atoms with E-state index in [1.165, 1.54) is 12.8 Å². The highest BCUT2D eigenvalue weighted by molar-refractivity contribution is 6.44. The van der Waals surface area contributed by atoms with Gasteiger partial charge >= 0.3 is 0 Å². The summed E-state index contributed by atoms with van der Waals surface area (Å²) in [6.07, 6.45) is 4.66. The summed E-state index contributed by atoms with van der Waals surface area (Å²) in [5.74, 6) is 0.444. The van der Waals surface area contributed by atoms with Crippen LogP contribution < -0.4 is 0 Å². The van der Waals surface area contributed by atoms with Gasteiger partial charge in [0.15, 0.2) is 13.5 Å². The van der Waals surface area contributed by atoms with Crippen molar-refractivity contribution in [3.05, 3.63) is 0 Å². The third kappa shape index (κ3) is 0.787. The van der Waals surface area contributed by atoms with Crippen LogP contribution in [0.25, 0.3) is 0 Å². The van der Waals surface area contributed by atoms with Gasteiger partial charge in [-0.1, -0.05) is 13.8 Å². The number of nitriles is 1. The van der Waals surface area contributed by atoms with Crippen molar-refractivity contribution >= 4 is 7.28 Å². The molecule has 2 fully saturated rings. The molecule has 2 heterocycles. The maximum atomic E-state index is 8.84. The van der Waals surface area contributed by atoms with Crippen molar-refractivity contribution in [2.24, 2.45) is 0 Å². The van der Waals surface area contributed by atoms with Crippen LogP contribution in [0.5, 0.6) is 0 Å². The smallest absolute Gasteiger partial charge is 0.179 e. The summed E-state index contributed by atoms with van der Waals surface area (Å²) in [6.45, 7) is 4.45. The Morgan fingerprint density at radius 2 is 2.27 bits per heavy atom. The Labute approximate surface area is 68.4 Å². The van der Waals surface area contributed by atoms with Gasteiger partial charge in [0, 0.05) is 12.0 Å². The SMILES string of the molecule is CC1(C)[B]C2CCC1N2C#N. The van der Waals surface area contributed by atoms with E-state index in [0.717, 1.165) is 0 Å². The predicted molar refractivity (Wildman–Crippen MR) is 44.1 cm³/mol. The molecule has 0 aliphatic carbocycles. The Morgan fingerprint density at radius 1 is 1.55 bits per heavy atom. The van der Waals surface area contributed by atoms with Gasteiger partial charge in [0.05, 0.1) is 0 Å². The van der Waals surface area contributed by atoms with Gasteiger partial charge in [-0.3, -0.25) is 0 Å². The fourth-order valence-corrected chi connectivity index (χ4v) is 2.48. The Bertz CT molecular complexity index is 219. The molecule has 57 valence electrons. The van der Waals surface area contributed by atoms with Crippen LogP contribution in [0.15, 0.2) is 0 Å². The average Bonchev–Trinajstić information content (AvgIpc) is 2.39. The van der Waals surface area contributed by atoms with Crippen LogP contribution >= 0.6 is 0 Å². The minimum absolute atomic E-state index is 0.263. The lowest BCUT2D eigenvalue weighted by molar-refractivity contribution is 0.325. The summed E-state index contributed by atoms with van der Waals surface area (Å²) in [5.41, 5.74) is 0. The van der Waals surface area contributed by atoms with Gasteiger partial charge in [-0.2, -0.15) is 5.26 Å². The molecule has 3 heteroatoms. The Kier molecular flexibility index (Phi) is 1.24. The van der Waals surface area contributed by atoms with Gasteiger partial charge in [-0.15, -0.1) is 0 Å². The van der Waals surface area contributed by atoms with Crippen molar-refractivity contribution in [2.75, 3.05) is 0 Å². The first-order valence-electron chi connectivity index (χ1n) is 4.19. The molecule has 0 aromatic carbocycles. The summed E-state index contributed by atoms with van der Waals surface area (Å²) in [4.78, 5) is 1.96. The quantitative estimate of drug-likeness (QED) is 0.380. The van der Waals surface area contributed by atoms with Gasteiger partial charge in [0.2, 0.25) is 0 Å². The number of hydrogen-bond donors (Lipinski definition) is 0. The largest absolute Gasteiger partial charge is 0.313 e. The van der Waals surface area contributed by atoms with Gasteiger partial charge in [-0.25, -0.2) is 0 Å². The molecule has 0 amide bonds. The van der Waals surface area contributed by atoms with E-state index in [1.54, 1.807) is 0 Å². The second-order valence-corrected chi connectivity index (χ2v) is 4.16. The first kappa shape index (κ1) is 7.03. The molecule has 0 saturated carbocycles. The van der Waals surface area contributed by atoms with Crippen LogP contribution in [0.4, 0.5) is 0 Å². The van der Waals surface area contributed by atoms with Crippen molar-refractivity contribution in [2.45, 2.75) is 44.0 Å². The van der Waals surface area contributed by atoms with E-state index in [2.05, 4.69) is 27.3 Å². The second-order valence-electron chi connectivity index (χ2n) is 4.16. The van der Waals surface area contributed by atoms with E-state index < -0.39 is 0 Å². The molecule has 2 aliphatic heterocycles. The fraction of sp³-hybridized carbons (Fsp3) is 0.875. The molecule has 1 radical (unpaired) electrons. The van der Waals surface area contributed by atoms with Crippen molar-refractivity contribution in [1.82, 2.24) is 4.90 Å². The summed E-state index contributed by atoms with van der Waals surface area (Å²) in [7, 11) is 2.32. The van der Waals surface area contributed by atoms with E-state index >= 15 is 0 Å². The zero-order valence-electron chi connectivity index (χ0n) is 7.04. The number of nitrogens with zero attached hydrogens (tertiary/aromatic N) is 2. The second kappa shape index (κ2) is 1.94. The summed E-state index contributed by atoms with van der Waals surface area (Å²) in [5, 5.41) is 9.10. The highest BCUT2D eigenvalue weighted by Gasteiger charge is 2.51. The highest BCUT2D eigenvalue weighted by Crippen LogP contribution is 2.48. The maximum Gasteiger partial charge on any atom is 0.179 e. The Balaban J connectivity index is 2.27. The molecule has 2 nitrogen and oxygen atoms in total. The molecular weight excluding hydrogens is 135 g/mol. The molecule has 11 heavy (non-hydrogen) atoms. The zero-order valence-corrected chi connectivity index (χ0v) is 7.04. The first-order chi connectivity index (χ1) is 5.15.